The summed E-state index contributed by atoms with van der Waals surface area (Å²) < 4.78 is 10.4. The van der Waals surface area contributed by atoms with Crippen LogP contribution >= 0.6 is 23.2 Å². The van der Waals surface area contributed by atoms with E-state index in [2.05, 4.69) is 6.92 Å². The lowest BCUT2D eigenvalue weighted by Crippen LogP contribution is -2.38. The second-order valence-corrected chi connectivity index (χ2v) is 6.55. The molecule has 0 saturated heterocycles. The Morgan fingerprint density at radius 3 is 2.43 bits per heavy atom. The summed E-state index contributed by atoms with van der Waals surface area (Å²) in [5.41, 5.74) is -1.42. The predicted octanol–water partition coefficient (Wildman–Crippen LogP) is 5.05. The van der Waals surface area contributed by atoms with E-state index in [-0.39, 0.29) is 15.8 Å². The van der Waals surface area contributed by atoms with Gasteiger partial charge in [0.05, 0.1) is 11.6 Å². The molecule has 1 rings (SSSR count). The molecule has 0 saturated carbocycles. The maximum absolute atomic E-state index is 12.2. The van der Waals surface area contributed by atoms with Gasteiger partial charge in [0.25, 0.3) is 0 Å². The summed E-state index contributed by atoms with van der Waals surface area (Å²) in [7, 11) is 0. The van der Waals surface area contributed by atoms with Crippen molar-refractivity contribution in [1.82, 2.24) is 0 Å². The predicted molar refractivity (Wildman–Crippen MR) is 91.0 cm³/mol. The van der Waals surface area contributed by atoms with Gasteiger partial charge in [-0.1, -0.05) is 55.5 Å². The average Bonchev–Trinajstić information content (AvgIpc) is 2.51. The van der Waals surface area contributed by atoms with Crippen molar-refractivity contribution in [3.05, 3.63) is 28.2 Å². The lowest BCUT2D eigenvalue weighted by Gasteiger charge is -2.21. The van der Waals surface area contributed by atoms with E-state index in [0.29, 0.717) is 6.61 Å². The molecule has 1 aromatic rings. The molecular formula is C17H22Cl2O4. The number of carbonyl (C=O) groups excluding carboxylic acids is 2. The number of rotatable bonds is 8. The van der Waals surface area contributed by atoms with Gasteiger partial charge in [0.1, 0.15) is 5.02 Å². The fourth-order valence-electron chi connectivity index (χ4n) is 1.75. The standard InChI is InChI=1S/C17H22Cl2O4/c1-4-5-6-7-11-22-15(20)17(2,3)16(21)23-13-10-8-9-12(18)14(13)19/h8-10H,4-7,11H2,1-3H3. The van der Waals surface area contributed by atoms with Crippen molar-refractivity contribution < 1.29 is 19.1 Å². The topological polar surface area (TPSA) is 52.6 Å². The van der Waals surface area contributed by atoms with Crippen molar-refractivity contribution in [1.29, 1.82) is 0 Å². The van der Waals surface area contributed by atoms with Crippen LogP contribution in [0.2, 0.25) is 10.0 Å². The van der Waals surface area contributed by atoms with Gasteiger partial charge in [0.2, 0.25) is 0 Å². The second kappa shape index (κ2) is 9.14. The Hall–Kier alpha value is -1.26. The fourth-order valence-corrected chi connectivity index (χ4v) is 2.08. The Bertz CT molecular complexity index is 556. The van der Waals surface area contributed by atoms with Crippen LogP contribution in [0.25, 0.3) is 0 Å². The van der Waals surface area contributed by atoms with E-state index in [1.807, 2.05) is 0 Å². The zero-order valence-corrected chi connectivity index (χ0v) is 15.2. The Balaban J connectivity index is 2.62. The molecule has 0 aliphatic carbocycles. The van der Waals surface area contributed by atoms with E-state index in [1.54, 1.807) is 12.1 Å². The summed E-state index contributed by atoms with van der Waals surface area (Å²) in [4.78, 5) is 24.3. The van der Waals surface area contributed by atoms with Crippen LogP contribution in [-0.4, -0.2) is 18.5 Å². The van der Waals surface area contributed by atoms with Gasteiger partial charge < -0.3 is 9.47 Å². The molecule has 128 valence electrons. The van der Waals surface area contributed by atoms with Gasteiger partial charge in [0.15, 0.2) is 11.2 Å². The van der Waals surface area contributed by atoms with E-state index in [4.69, 9.17) is 32.7 Å². The summed E-state index contributed by atoms with van der Waals surface area (Å²) in [6.07, 6.45) is 3.97. The molecule has 0 amide bonds. The summed E-state index contributed by atoms with van der Waals surface area (Å²) >= 11 is 11.8. The molecule has 0 aromatic heterocycles. The van der Waals surface area contributed by atoms with Crippen molar-refractivity contribution in [2.45, 2.75) is 46.5 Å². The summed E-state index contributed by atoms with van der Waals surface area (Å²) in [5, 5.41) is 0.402. The Morgan fingerprint density at radius 2 is 1.78 bits per heavy atom. The van der Waals surface area contributed by atoms with Gasteiger partial charge >= 0.3 is 11.9 Å². The van der Waals surface area contributed by atoms with Gasteiger partial charge in [-0.3, -0.25) is 9.59 Å². The number of ether oxygens (including phenoxy) is 2. The zero-order chi connectivity index (χ0) is 17.5. The maximum Gasteiger partial charge on any atom is 0.328 e. The van der Waals surface area contributed by atoms with Crippen LogP contribution in [0, 0.1) is 5.41 Å². The third kappa shape index (κ3) is 5.70. The maximum atomic E-state index is 12.2. The summed E-state index contributed by atoms with van der Waals surface area (Å²) in [6, 6.07) is 4.70. The van der Waals surface area contributed by atoms with E-state index < -0.39 is 17.4 Å². The van der Waals surface area contributed by atoms with Crippen molar-refractivity contribution in [3.63, 3.8) is 0 Å². The van der Waals surface area contributed by atoms with Crippen LogP contribution in [0.3, 0.4) is 0 Å². The molecule has 0 heterocycles. The molecule has 0 radical (unpaired) electrons. The summed E-state index contributed by atoms with van der Waals surface area (Å²) in [6.45, 7) is 5.32. The Labute approximate surface area is 147 Å². The SMILES string of the molecule is CCCCCCOC(=O)C(C)(C)C(=O)Oc1cccc(Cl)c1Cl. The molecule has 0 aliphatic heterocycles. The number of halogens is 2. The average molecular weight is 361 g/mol. The van der Waals surface area contributed by atoms with E-state index >= 15 is 0 Å². The van der Waals surface area contributed by atoms with Gasteiger partial charge in [0, 0.05) is 0 Å². The molecular weight excluding hydrogens is 339 g/mol. The number of carbonyl (C=O) groups is 2. The Morgan fingerprint density at radius 1 is 1.09 bits per heavy atom. The molecule has 0 fully saturated rings. The van der Waals surface area contributed by atoms with Crippen molar-refractivity contribution in [2.24, 2.45) is 5.41 Å². The van der Waals surface area contributed by atoms with Gasteiger partial charge in [-0.05, 0) is 32.4 Å². The number of benzene rings is 1. The zero-order valence-electron chi connectivity index (χ0n) is 13.7. The van der Waals surface area contributed by atoms with Crippen LogP contribution in [-0.2, 0) is 14.3 Å². The molecule has 0 atom stereocenters. The normalized spacial score (nSPS) is 11.2. The van der Waals surface area contributed by atoms with Crippen LogP contribution in [0.1, 0.15) is 46.5 Å². The minimum Gasteiger partial charge on any atom is -0.465 e. The molecule has 0 N–H and O–H groups in total. The van der Waals surface area contributed by atoms with E-state index in [9.17, 15) is 9.59 Å². The first-order valence-electron chi connectivity index (χ1n) is 7.64. The number of hydrogen-bond donors (Lipinski definition) is 0. The fraction of sp³-hybridized carbons (Fsp3) is 0.529. The molecule has 4 nitrogen and oxygen atoms in total. The minimum absolute atomic E-state index is 0.119. The van der Waals surface area contributed by atoms with Crippen molar-refractivity contribution in [3.8, 4) is 5.75 Å². The highest BCUT2D eigenvalue weighted by molar-refractivity contribution is 6.43. The second-order valence-electron chi connectivity index (χ2n) is 5.76. The van der Waals surface area contributed by atoms with Crippen LogP contribution in [0.15, 0.2) is 18.2 Å². The lowest BCUT2D eigenvalue weighted by atomic mass is 9.94. The van der Waals surface area contributed by atoms with E-state index in [1.165, 1.54) is 19.9 Å². The van der Waals surface area contributed by atoms with Gasteiger partial charge in [-0.25, -0.2) is 0 Å². The molecule has 0 aliphatic rings. The third-order valence-corrected chi connectivity index (χ3v) is 4.17. The monoisotopic (exact) mass is 360 g/mol. The smallest absolute Gasteiger partial charge is 0.328 e. The van der Waals surface area contributed by atoms with Crippen molar-refractivity contribution in [2.75, 3.05) is 6.61 Å². The number of esters is 2. The van der Waals surface area contributed by atoms with E-state index in [0.717, 1.165) is 25.7 Å². The highest BCUT2D eigenvalue weighted by atomic mass is 35.5. The molecule has 6 heteroatoms. The number of unbranched alkanes of at least 4 members (excludes halogenated alkanes) is 3. The van der Waals surface area contributed by atoms with Gasteiger partial charge in [-0.2, -0.15) is 0 Å². The Kier molecular flexibility index (Phi) is 7.86. The highest BCUT2D eigenvalue weighted by Crippen LogP contribution is 2.33. The third-order valence-electron chi connectivity index (χ3n) is 3.37. The largest absolute Gasteiger partial charge is 0.465 e. The molecule has 1 aromatic carbocycles. The molecule has 23 heavy (non-hydrogen) atoms. The lowest BCUT2D eigenvalue weighted by molar-refractivity contribution is -0.164. The van der Waals surface area contributed by atoms with Crippen LogP contribution < -0.4 is 4.74 Å². The quantitative estimate of drug-likeness (QED) is 0.281. The first-order chi connectivity index (χ1) is 10.8. The first kappa shape index (κ1) is 19.8. The van der Waals surface area contributed by atoms with Crippen molar-refractivity contribution >= 4 is 35.1 Å². The summed E-state index contributed by atoms with van der Waals surface area (Å²) in [5.74, 6) is -1.23. The molecule has 0 bridgehead atoms. The number of hydrogen-bond acceptors (Lipinski definition) is 4. The van der Waals surface area contributed by atoms with Crippen LogP contribution in [0.5, 0.6) is 5.75 Å². The van der Waals surface area contributed by atoms with Crippen LogP contribution in [0.4, 0.5) is 0 Å². The first-order valence-corrected chi connectivity index (χ1v) is 8.39. The highest BCUT2D eigenvalue weighted by Gasteiger charge is 2.40. The molecule has 0 unspecified atom stereocenters. The van der Waals surface area contributed by atoms with Gasteiger partial charge in [-0.15, -0.1) is 0 Å². The minimum atomic E-state index is -1.42. The molecule has 0 spiro atoms.